The minimum Gasteiger partial charge on any atom is -0.506 e. The van der Waals surface area contributed by atoms with Gasteiger partial charge in [0.15, 0.2) is 0 Å². The molecule has 0 saturated heterocycles. The molecule has 1 heterocycles. The molecule has 0 unspecified atom stereocenters. The number of benzene rings is 1. The number of phenols is 1. The Kier molecular flexibility index (Phi) is 1.61. The second-order valence-corrected chi connectivity index (χ2v) is 3.58. The molecule has 0 saturated carbocycles. The van der Waals surface area contributed by atoms with E-state index >= 15 is 0 Å². The summed E-state index contributed by atoms with van der Waals surface area (Å²) in [6.45, 7) is 0. The first kappa shape index (κ1) is 7.90. The number of rotatable bonds is 0. The summed E-state index contributed by atoms with van der Waals surface area (Å²) in [7, 11) is 0. The van der Waals surface area contributed by atoms with Crippen LogP contribution in [0.25, 0.3) is 10.1 Å². The number of nitrogens with two attached hydrogens (primary N) is 1. The van der Waals surface area contributed by atoms with Crippen LogP contribution in [0.1, 0.15) is 5.56 Å². The number of phenolic OH excluding ortho intramolecular Hbond substituents is 1. The Morgan fingerprint density at radius 2 is 2.31 bits per heavy atom. The summed E-state index contributed by atoms with van der Waals surface area (Å²) < 4.78 is 0.897. The van der Waals surface area contributed by atoms with Gasteiger partial charge in [-0.1, -0.05) is 0 Å². The molecule has 64 valence electrons. The number of nitrogen functional groups attached to an aromatic ring is 1. The van der Waals surface area contributed by atoms with Crippen molar-refractivity contribution in [3.05, 3.63) is 23.1 Å². The molecule has 0 aliphatic carbocycles. The molecule has 13 heavy (non-hydrogen) atoms. The number of fused-ring (bicyclic) bond motifs is 1. The zero-order valence-electron chi connectivity index (χ0n) is 6.61. The molecular weight excluding hydrogens is 184 g/mol. The third kappa shape index (κ3) is 1.02. The molecule has 3 nitrogen and oxygen atoms in total. The van der Waals surface area contributed by atoms with Crippen LogP contribution in [0.15, 0.2) is 17.5 Å². The molecule has 4 heteroatoms. The monoisotopic (exact) mass is 190 g/mol. The Hall–Kier alpha value is -1.73. The standard InChI is InChI=1S/C9H6N2OS/c10-4-6-7(12)3-8-5(9(6)11)1-2-13-8/h1-3,12H,11H2. The molecule has 0 radical (unpaired) electrons. The Balaban J connectivity index is 2.95. The van der Waals surface area contributed by atoms with Crippen molar-refractivity contribution < 1.29 is 5.11 Å². The highest BCUT2D eigenvalue weighted by atomic mass is 32.1. The largest absolute Gasteiger partial charge is 0.506 e. The van der Waals surface area contributed by atoms with Gasteiger partial charge < -0.3 is 10.8 Å². The van der Waals surface area contributed by atoms with E-state index in [2.05, 4.69) is 0 Å². The summed E-state index contributed by atoms with van der Waals surface area (Å²) in [5.74, 6) is -0.0463. The molecule has 0 aliphatic heterocycles. The maximum Gasteiger partial charge on any atom is 0.136 e. The van der Waals surface area contributed by atoms with Gasteiger partial charge in [0.25, 0.3) is 0 Å². The topological polar surface area (TPSA) is 70.0 Å². The van der Waals surface area contributed by atoms with Crippen molar-refractivity contribution in [1.82, 2.24) is 0 Å². The van der Waals surface area contributed by atoms with Gasteiger partial charge in [-0.2, -0.15) is 5.26 Å². The van der Waals surface area contributed by atoms with Gasteiger partial charge in [0, 0.05) is 10.1 Å². The summed E-state index contributed by atoms with van der Waals surface area (Å²) >= 11 is 1.49. The Bertz CT molecular complexity index is 510. The zero-order chi connectivity index (χ0) is 9.42. The van der Waals surface area contributed by atoms with Gasteiger partial charge in [0.1, 0.15) is 17.4 Å². The second kappa shape index (κ2) is 2.64. The van der Waals surface area contributed by atoms with E-state index < -0.39 is 0 Å². The van der Waals surface area contributed by atoms with E-state index in [1.807, 2.05) is 17.5 Å². The smallest absolute Gasteiger partial charge is 0.136 e. The van der Waals surface area contributed by atoms with Crippen LogP contribution < -0.4 is 5.73 Å². The lowest BCUT2D eigenvalue weighted by Crippen LogP contribution is -1.90. The molecule has 3 N–H and O–H groups in total. The van der Waals surface area contributed by atoms with Crippen molar-refractivity contribution in [3.8, 4) is 11.8 Å². The summed E-state index contributed by atoms with van der Waals surface area (Å²) in [5.41, 5.74) is 6.22. The van der Waals surface area contributed by atoms with Gasteiger partial charge >= 0.3 is 0 Å². The SMILES string of the molecule is N#Cc1c(O)cc2sccc2c1N. The van der Waals surface area contributed by atoms with Crippen LogP contribution in [0.2, 0.25) is 0 Å². The fraction of sp³-hybridized carbons (Fsp3) is 0. The van der Waals surface area contributed by atoms with Crippen molar-refractivity contribution in [2.45, 2.75) is 0 Å². The number of aromatic hydroxyl groups is 1. The van der Waals surface area contributed by atoms with Gasteiger partial charge in [0.2, 0.25) is 0 Å². The van der Waals surface area contributed by atoms with Crippen LogP contribution in [-0.2, 0) is 0 Å². The number of hydrogen-bond donors (Lipinski definition) is 2. The summed E-state index contributed by atoms with van der Waals surface area (Å²) in [6, 6.07) is 5.28. The quantitative estimate of drug-likeness (QED) is 0.624. The van der Waals surface area contributed by atoms with Crippen LogP contribution >= 0.6 is 11.3 Å². The van der Waals surface area contributed by atoms with Crippen molar-refractivity contribution in [3.63, 3.8) is 0 Å². The van der Waals surface area contributed by atoms with E-state index in [1.165, 1.54) is 11.3 Å². The molecule has 0 bridgehead atoms. The van der Waals surface area contributed by atoms with Crippen LogP contribution in [-0.4, -0.2) is 5.11 Å². The number of anilines is 1. The number of nitrogens with zero attached hydrogens (tertiary/aromatic N) is 1. The van der Waals surface area contributed by atoms with E-state index in [0.717, 1.165) is 10.1 Å². The third-order valence-corrected chi connectivity index (χ3v) is 2.75. The minimum absolute atomic E-state index is 0.0463. The zero-order valence-corrected chi connectivity index (χ0v) is 7.43. The molecule has 1 aromatic heterocycles. The summed E-state index contributed by atoms with van der Waals surface area (Å²) in [4.78, 5) is 0. The van der Waals surface area contributed by atoms with Crippen LogP contribution in [0.3, 0.4) is 0 Å². The lowest BCUT2D eigenvalue weighted by atomic mass is 10.1. The van der Waals surface area contributed by atoms with Crippen LogP contribution in [0.5, 0.6) is 5.75 Å². The van der Waals surface area contributed by atoms with Gasteiger partial charge in [-0.3, -0.25) is 0 Å². The highest BCUT2D eigenvalue weighted by molar-refractivity contribution is 7.17. The molecule has 1 aromatic carbocycles. The second-order valence-electron chi connectivity index (χ2n) is 2.63. The van der Waals surface area contributed by atoms with E-state index in [0.29, 0.717) is 5.69 Å². The fourth-order valence-electron chi connectivity index (χ4n) is 1.24. The predicted molar refractivity (Wildman–Crippen MR) is 52.6 cm³/mol. The summed E-state index contributed by atoms with van der Waals surface area (Å²) in [6.07, 6.45) is 0. The highest BCUT2D eigenvalue weighted by Gasteiger charge is 2.10. The van der Waals surface area contributed by atoms with Crippen LogP contribution in [0, 0.1) is 11.3 Å². The first-order valence-electron chi connectivity index (χ1n) is 3.63. The minimum atomic E-state index is -0.0463. The molecular formula is C9H6N2OS. The molecule has 0 atom stereocenters. The van der Waals surface area contributed by atoms with Crippen LogP contribution in [0.4, 0.5) is 5.69 Å². The van der Waals surface area contributed by atoms with E-state index in [-0.39, 0.29) is 11.3 Å². The number of nitriles is 1. The van der Waals surface area contributed by atoms with Gasteiger partial charge in [0.05, 0.1) is 5.69 Å². The first-order valence-corrected chi connectivity index (χ1v) is 4.50. The molecule has 0 fully saturated rings. The van der Waals surface area contributed by atoms with Crippen molar-refractivity contribution >= 4 is 27.1 Å². The maximum atomic E-state index is 9.41. The van der Waals surface area contributed by atoms with Gasteiger partial charge in [-0.05, 0) is 17.5 Å². The fourth-order valence-corrected chi connectivity index (χ4v) is 2.08. The van der Waals surface area contributed by atoms with Crippen molar-refractivity contribution in [1.29, 1.82) is 5.26 Å². The molecule has 0 spiro atoms. The Labute approximate surface area is 78.6 Å². The Morgan fingerprint density at radius 3 is 3.00 bits per heavy atom. The van der Waals surface area contributed by atoms with Crippen molar-refractivity contribution in [2.24, 2.45) is 0 Å². The number of hydrogen-bond acceptors (Lipinski definition) is 4. The normalized spacial score (nSPS) is 10.1. The first-order chi connectivity index (χ1) is 6.24. The van der Waals surface area contributed by atoms with E-state index in [9.17, 15) is 5.11 Å². The van der Waals surface area contributed by atoms with Gasteiger partial charge in [-0.15, -0.1) is 11.3 Å². The Morgan fingerprint density at radius 1 is 1.54 bits per heavy atom. The van der Waals surface area contributed by atoms with E-state index in [1.54, 1.807) is 6.07 Å². The summed E-state index contributed by atoms with van der Waals surface area (Å²) in [5, 5.41) is 20.8. The molecule has 2 aromatic rings. The highest BCUT2D eigenvalue weighted by Crippen LogP contribution is 2.34. The third-order valence-electron chi connectivity index (χ3n) is 1.89. The lowest BCUT2D eigenvalue weighted by molar-refractivity contribution is 0.475. The van der Waals surface area contributed by atoms with E-state index in [4.69, 9.17) is 11.0 Å². The molecule has 2 rings (SSSR count). The lowest BCUT2D eigenvalue weighted by Gasteiger charge is -2.01. The number of thiophene rings is 1. The van der Waals surface area contributed by atoms with Crippen molar-refractivity contribution in [2.75, 3.05) is 5.73 Å². The average Bonchev–Trinajstić information content (AvgIpc) is 2.53. The average molecular weight is 190 g/mol. The molecule has 0 aliphatic rings. The molecule has 0 amide bonds. The van der Waals surface area contributed by atoms with Gasteiger partial charge in [-0.25, -0.2) is 0 Å². The predicted octanol–water partition coefficient (Wildman–Crippen LogP) is 2.06. The maximum absolute atomic E-state index is 9.41.